The minimum Gasteiger partial charge on any atom is -0.289 e. The van der Waals surface area contributed by atoms with Crippen molar-refractivity contribution in [2.45, 2.75) is 6.92 Å². The molecule has 3 aromatic rings. The van der Waals surface area contributed by atoms with Crippen LogP contribution in [0.5, 0.6) is 0 Å². The monoisotopic (exact) mass is 445 g/mol. The van der Waals surface area contributed by atoms with Crippen molar-refractivity contribution in [3.05, 3.63) is 98.0 Å². The second kappa shape index (κ2) is 6.06. The number of fused-ring (bicyclic) bond motifs is 3. The van der Waals surface area contributed by atoms with Crippen LogP contribution in [0.15, 0.2) is 59.1 Å². The zero-order chi connectivity index (χ0) is 20.4. The summed E-state index contributed by atoms with van der Waals surface area (Å²) < 4.78 is 0.457. The van der Waals surface area contributed by atoms with Gasteiger partial charge in [-0.3, -0.25) is 19.2 Å². The van der Waals surface area contributed by atoms with Crippen LogP contribution in [0.25, 0.3) is 0 Å². The van der Waals surface area contributed by atoms with Gasteiger partial charge in [-0.1, -0.05) is 36.4 Å². The molecule has 0 N–H and O–H groups in total. The highest BCUT2D eigenvalue weighted by Gasteiger charge is 2.42. The fraction of sp³-hybridized carbons (Fsp3) is 0.0435. The quantitative estimate of drug-likeness (QED) is 0.408. The molecular formula is C23H12BrNO4. The first-order valence-electron chi connectivity index (χ1n) is 8.91. The molecule has 140 valence electrons. The molecule has 0 unspecified atom stereocenters. The van der Waals surface area contributed by atoms with E-state index in [-0.39, 0.29) is 45.1 Å². The van der Waals surface area contributed by atoms with Gasteiger partial charge >= 0.3 is 0 Å². The largest absolute Gasteiger partial charge is 0.289 e. The number of carbonyl (C=O) groups excluding carboxylic acids is 4. The molecule has 0 saturated heterocycles. The second-order valence-electron chi connectivity index (χ2n) is 6.97. The van der Waals surface area contributed by atoms with Crippen molar-refractivity contribution in [1.29, 1.82) is 0 Å². The van der Waals surface area contributed by atoms with E-state index < -0.39 is 11.8 Å². The first kappa shape index (κ1) is 17.7. The van der Waals surface area contributed by atoms with Gasteiger partial charge in [0.15, 0.2) is 11.6 Å². The van der Waals surface area contributed by atoms with Crippen LogP contribution in [0, 0.1) is 6.92 Å². The smallest absolute Gasteiger partial charge is 0.266 e. The Morgan fingerprint density at radius 3 is 1.66 bits per heavy atom. The summed E-state index contributed by atoms with van der Waals surface area (Å²) in [6.45, 7) is 1.71. The predicted octanol–water partition coefficient (Wildman–Crippen LogP) is 4.33. The molecule has 1 heterocycles. The third-order valence-electron chi connectivity index (χ3n) is 5.33. The van der Waals surface area contributed by atoms with E-state index in [4.69, 9.17) is 0 Å². The van der Waals surface area contributed by atoms with Crippen LogP contribution in [0.2, 0.25) is 0 Å². The van der Waals surface area contributed by atoms with Gasteiger partial charge in [0.1, 0.15) is 0 Å². The molecule has 5 rings (SSSR count). The van der Waals surface area contributed by atoms with Gasteiger partial charge in [-0.15, -0.1) is 0 Å². The van der Waals surface area contributed by atoms with Crippen LogP contribution in [-0.4, -0.2) is 23.4 Å². The van der Waals surface area contributed by atoms with Crippen molar-refractivity contribution in [1.82, 2.24) is 0 Å². The van der Waals surface area contributed by atoms with E-state index in [1.54, 1.807) is 61.5 Å². The molecule has 1 aliphatic heterocycles. The molecule has 6 heteroatoms. The third-order valence-corrected chi connectivity index (χ3v) is 5.96. The molecule has 5 nitrogen and oxygen atoms in total. The number of halogens is 1. The first-order chi connectivity index (χ1) is 13.9. The van der Waals surface area contributed by atoms with E-state index in [1.807, 2.05) is 0 Å². The number of anilines is 1. The summed E-state index contributed by atoms with van der Waals surface area (Å²) in [6.07, 6.45) is 0. The number of hydrogen-bond acceptors (Lipinski definition) is 4. The highest BCUT2D eigenvalue weighted by Crippen LogP contribution is 2.42. The molecule has 2 aliphatic rings. The molecule has 0 saturated carbocycles. The number of benzene rings is 3. The van der Waals surface area contributed by atoms with Gasteiger partial charge in [0, 0.05) is 15.6 Å². The Morgan fingerprint density at radius 2 is 1.14 bits per heavy atom. The lowest BCUT2D eigenvalue weighted by Gasteiger charge is -2.26. The molecule has 0 radical (unpaired) electrons. The van der Waals surface area contributed by atoms with Crippen LogP contribution < -0.4 is 4.90 Å². The standard InChI is InChI=1S/C23H12BrNO4/c1-11-10-16(24)17-18(21(27)13-7-3-2-6-12(13)20(17)26)19(11)25-22(28)14-8-4-5-9-15(14)23(25)29/h2-10H,1H3. The Kier molecular flexibility index (Phi) is 3.70. The van der Waals surface area contributed by atoms with Gasteiger partial charge in [0.05, 0.1) is 27.9 Å². The SMILES string of the molecule is Cc1cc(Br)c2c(c1N1C(=O)c3ccccc3C1=O)C(=O)c1ccccc1C2=O. The van der Waals surface area contributed by atoms with Gasteiger partial charge in [-0.25, -0.2) is 4.90 Å². The van der Waals surface area contributed by atoms with Gasteiger partial charge in [-0.05, 0) is 46.6 Å². The number of carbonyl (C=O) groups is 4. The highest BCUT2D eigenvalue weighted by molar-refractivity contribution is 9.10. The second-order valence-corrected chi connectivity index (χ2v) is 7.82. The summed E-state index contributed by atoms with van der Waals surface area (Å²) in [5.41, 5.74) is 2.10. The summed E-state index contributed by atoms with van der Waals surface area (Å²) in [7, 11) is 0. The lowest BCUT2D eigenvalue weighted by atomic mass is 9.82. The molecule has 2 amide bonds. The fourth-order valence-corrected chi connectivity index (χ4v) is 4.76. The molecule has 0 aromatic heterocycles. The van der Waals surface area contributed by atoms with Crippen molar-refractivity contribution in [3.63, 3.8) is 0 Å². The zero-order valence-electron chi connectivity index (χ0n) is 15.2. The number of ketones is 2. The van der Waals surface area contributed by atoms with E-state index in [1.165, 1.54) is 0 Å². The van der Waals surface area contributed by atoms with Crippen molar-refractivity contribution in [3.8, 4) is 0 Å². The van der Waals surface area contributed by atoms with Crippen molar-refractivity contribution in [2.24, 2.45) is 0 Å². The maximum absolute atomic E-state index is 13.4. The zero-order valence-corrected chi connectivity index (χ0v) is 16.7. The van der Waals surface area contributed by atoms with E-state index in [0.717, 1.165) is 4.90 Å². The predicted molar refractivity (Wildman–Crippen MR) is 110 cm³/mol. The molecular weight excluding hydrogens is 434 g/mol. The Bertz CT molecular complexity index is 1270. The molecule has 0 spiro atoms. The van der Waals surface area contributed by atoms with Crippen molar-refractivity contribution < 1.29 is 19.2 Å². The van der Waals surface area contributed by atoms with E-state index in [0.29, 0.717) is 15.6 Å². The van der Waals surface area contributed by atoms with Gasteiger partial charge < -0.3 is 0 Å². The minimum absolute atomic E-state index is 0.0788. The van der Waals surface area contributed by atoms with E-state index in [2.05, 4.69) is 15.9 Å². The molecule has 0 fully saturated rings. The van der Waals surface area contributed by atoms with Gasteiger partial charge in [0.2, 0.25) is 0 Å². The number of rotatable bonds is 1. The van der Waals surface area contributed by atoms with Crippen molar-refractivity contribution in [2.75, 3.05) is 4.90 Å². The number of amides is 2. The molecule has 3 aromatic carbocycles. The topological polar surface area (TPSA) is 71.5 Å². The Balaban J connectivity index is 1.82. The van der Waals surface area contributed by atoms with Crippen LogP contribution in [0.1, 0.15) is 58.1 Å². The maximum Gasteiger partial charge on any atom is 0.266 e. The first-order valence-corrected chi connectivity index (χ1v) is 9.70. The summed E-state index contributed by atoms with van der Waals surface area (Å²) >= 11 is 3.39. The normalized spacial score (nSPS) is 14.8. The fourth-order valence-electron chi connectivity index (χ4n) is 4.04. The number of nitrogens with zero attached hydrogens (tertiary/aromatic N) is 1. The lowest BCUT2D eigenvalue weighted by molar-refractivity contribution is 0.0923. The Morgan fingerprint density at radius 1 is 0.690 bits per heavy atom. The van der Waals surface area contributed by atoms with E-state index >= 15 is 0 Å². The summed E-state index contributed by atoms with van der Waals surface area (Å²) in [5.74, 6) is -1.71. The highest BCUT2D eigenvalue weighted by atomic mass is 79.9. The maximum atomic E-state index is 13.4. The van der Waals surface area contributed by atoms with Gasteiger partial charge in [0.25, 0.3) is 11.8 Å². The van der Waals surface area contributed by atoms with Crippen LogP contribution in [0.3, 0.4) is 0 Å². The van der Waals surface area contributed by atoms with Crippen LogP contribution >= 0.6 is 15.9 Å². The Labute approximate surface area is 174 Å². The molecule has 0 atom stereocenters. The number of hydrogen-bond donors (Lipinski definition) is 0. The van der Waals surface area contributed by atoms with Gasteiger partial charge in [-0.2, -0.15) is 0 Å². The number of imide groups is 1. The average Bonchev–Trinajstić information content (AvgIpc) is 2.97. The molecule has 1 aliphatic carbocycles. The third kappa shape index (κ3) is 2.26. The lowest BCUT2D eigenvalue weighted by Crippen LogP contribution is -2.34. The minimum atomic E-state index is -0.502. The summed E-state index contributed by atoms with van der Waals surface area (Å²) in [5, 5.41) is 0. The number of aryl methyl sites for hydroxylation is 1. The molecule has 0 bridgehead atoms. The Hall–Kier alpha value is -3.38. The van der Waals surface area contributed by atoms with E-state index in [9.17, 15) is 19.2 Å². The average molecular weight is 446 g/mol. The van der Waals surface area contributed by atoms with Crippen molar-refractivity contribution >= 4 is 45.0 Å². The molecule has 29 heavy (non-hydrogen) atoms. The summed E-state index contributed by atoms with van der Waals surface area (Å²) in [6, 6.07) is 14.8. The van der Waals surface area contributed by atoms with Crippen LogP contribution in [-0.2, 0) is 0 Å². The summed E-state index contributed by atoms with van der Waals surface area (Å²) in [4.78, 5) is 53.7. The van der Waals surface area contributed by atoms with Crippen LogP contribution in [0.4, 0.5) is 5.69 Å².